The third kappa shape index (κ3) is 2.92. The lowest BCUT2D eigenvalue weighted by Crippen LogP contribution is -2.28. The van der Waals surface area contributed by atoms with Crippen molar-refractivity contribution in [3.05, 3.63) is 35.0 Å². The maximum absolute atomic E-state index is 11.9. The van der Waals surface area contributed by atoms with Crippen LogP contribution in [0, 0.1) is 0 Å². The molecule has 128 valence electrons. The number of halogens is 1. The van der Waals surface area contributed by atoms with Gasteiger partial charge in [-0.25, -0.2) is 13.1 Å². The van der Waals surface area contributed by atoms with Crippen molar-refractivity contribution in [3.63, 3.8) is 0 Å². The molecule has 0 atom stereocenters. The summed E-state index contributed by atoms with van der Waals surface area (Å²) in [5, 5.41) is 4.56. The van der Waals surface area contributed by atoms with E-state index in [1.54, 1.807) is 4.68 Å². The summed E-state index contributed by atoms with van der Waals surface area (Å²) in [7, 11) is -3.32. The number of hydrogen-bond donors (Lipinski definition) is 1. The van der Waals surface area contributed by atoms with E-state index in [0.29, 0.717) is 29.0 Å². The van der Waals surface area contributed by atoms with Gasteiger partial charge in [0.05, 0.1) is 17.9 Å². The lowest BCUT2D eigenvalue weighted by Gasteiger charge is -2.22. The van der Waals surface area contributed by atoms with E-state index in [4.69, 9.17) is 16.3 Å². The van der Waals surface area contributed by atoms with Gasteiger partial charge in [0.2, 0.25) is 10.0 Å². The lowest BCUT2D eigenvalue weighted by molar-refractivity contribution is 0.0853. The van der Waals surface area contributed by atoms with Crippen LogP contribution in [0.4, 0.5) is 5.82 Å². The van der Waals surface area contributed by atoms with Crippen LogP contribution in [0.25, 0.3) is 11.1 Å². The van der Waals surface area contributed by atoms with Gasteiger partial charge < -0.3 is 4.74 Å². The normalized spacial score (nSPS) is 20.4. The van der Waals surface area contributed by atoms with Crippen LogP contribution in [-0.4, -0.2) is 37.2 Å². The standard InChI is InChI=1S/C16H18ClN3O3S/c17-15-14(16-19-24(21,22)10-7-20(16)18-15)13-3-1-11(2-4-13)12-5-8-23-9-6-12/h1-4,12,19H,5-10H2. The number of nitrogens with zero attached hydrogens (tertiary/aromatic N) is 2. The zero-order valence-electron chi connectivity index (χ0n) is 13.0. The molecule has 24 heavy (non-hydrogen) atoms. The van der Waals surface area contributed by atoms with Gasteiger partial charge in [0.15, 0.2) is 5.15 Å². The molecule has 0 unspecified atom stereocenters. The SMILES string of the molecule is O=S1(=O)CCn2nc(Cl)c(-c3ccc(C4CCOCC4)cc3)c2N1. The third-order valence-electron chi connectivity index (χ3n) is 4.63. The largest absolute Gasteiger partial charge is 0.381 e. The molecule has 8 heteroatoms. The van der Waals surface area contributed by atoms with Crippen molar-refractivity contribution >= 4 is 27.4 Å². The summed E-state index contributed by atoms with van der Waals surface area (Å²) in [6, 6.07) is 8.14. The molecule has 3 heterocycles. The number of anilines is 1. The highest BCUT2D eigenvalue weighted by molar-refractivity contribution is 7.92. The summed E-state index contributed by atoms with van der Waals surface area (Å²) in [6.45, 7) is 1.92. The van der Waals surface area contributed by atoms with Crippen LogP contribution in [0.1, 0.15) is 24.3 Å². The van der Waals surface area contributed by atoms with Gasteiger partial charge in [0.1, 0.15) is 5.82 Å². The Morgan fingerprint density at radius 3 is 2.62 bits per heavy atom. The fraction of sp³-hybridized carbons (Fsp3) is 0.438. The molecular formula is C16H18ClN3O3S. The Kier molecular flexibility index (Phi) is 4.02. The first-order chi connectivity index (χ1) is 11.5. The number of aromatic nitrogens is 2. The molecule has 1 aromatic heterocycles. The molecule has 2 aliphatic rings. The first-order valence-corrected chi connectivity index (χ1v) is 10.0. The second kappa shape index (κ2) is 6.06. The predicted molar refractivity (Wildman–Crippen MR) is 92.9 cm³/mol. The number of ether oxygens (including phenoxy) is 1. The van der Waals surface area contributed by atoms with E-state index in [2.05, 4.69) is 22.0 Å². The Balaban J connectivity index is 1.68. The van der Waals surface area contributed by atoms with Crippen molar-refractivity contribution in [3.8, 4) is 11.1 Å². The second-order valence-electron chi connectivity index (χ2n) is 6.17. The van der Waals surface area contributed by atoms with Gasteiger partial charge in [-0.05, 0) is 29.9 Å². The first-order valence-electron chi connectivity index (χ1n) is 7.98. The molecule has 2 aromatic rings. The fourth-order valence-electron chi connectivity index (χ4n) is 3.31. The maximum atomic E-state index is 11.9. The highest BCUT2D eigenvalue weighted by atomic mass is 35.5. The molecular weight excluding hydrogens is 350 g/mol. The minimum absolute atomic E-state index is 0.0140. The number of fused-ring (bicyclic) bond motifs is 1. The number of nitrogens with one attached hydrogen (secondary N) is 1. The summed E-state index contributed by atoms with van der Waals surface area (Å²) < 4.78 is 33.3. The van der Waals surface area contributed by atoms with E-state index in [0.717, 1.165) is 31.6 Å². The van der Waals surface area contributed by atoms with Crippen molar-refractivity contribution in [1.29, 1.82) is 0 Å². The van der Waals surface area contributed by atoms with Crippen molar-refractivity contribution in [2.45, 2.75) is 25.3 Å². The highest BCUT2D eigenvalue weighted by Gasteiger charge is 2.27. The minimum atomic E-state index is -3.32. The molecule has 1 saturated heterocycles. The monoisotopic (exact) mass is 367 g/mol. The van der Waals surface area contributed by atoms with E-state index < -0.39 is 10.0 Å². The highest BCUT2D eigenvalue weighted by Crippen LogP contribution is 2.38. The molecule has 4 rings (SSSR count). The van der Waals surface area contributed by atoms with Crippen molar-refractivity contribution in [1.82, 2.24) is 9.78 Å². The first kappa shape index (κ1) is 15.9. The molecule has 2 aliphatic heterocycles. The summed E-state index contributed by atoms with van der Waals surface area (Å²) in [5.74, 6) is 0.980. The van der Waals surface area contributed by atoms with Crippen LogP contribution in [-0.2, 0) is 21.3 Å². The zero-order chi connectivity index (χ0) is 16.7. The van der Waals surface area contributed by atoms with Gasteiger partial charge in [0, 0.05) is 13.2 Å². The summed E-state index contributed by atoms with van der Waals surface area (Å²) in [5.41, 5.74) is 2.78. The molecule has 0 bridgehead atoms. The van der Waals surface area contributed by atoms with Crippen molar-refractivity contribution in [2.24, 2.45) is 0 Å². The maximum Gasteiger partial charge on any atom is 0.235 e. The van der Waals surface area contributed by atoms with Crippen LogP contribution >= 0.6 is 11.6 Å². The Bertz CT molecular complexity index is 855. The lowest BCUT2D eigenvalue weighted by atomic mass is 9.91. The molecule has 0 spiro atoms. The van der Waals surface area contributed by atoms with Crippen LogP contribution in [0.2, 0.25) is 5.15 Å². The van der Waals surface area contributed by atoms with E-state index in [9.17, 15) is 8.42 Å². The van der Waals surface area contributed by atoms with Crippen molar-refractivity contribution in [2.75, 3.05) is 23.7 Å². The molecule has 0 saturated carbocycles. The Morgan fingerprint density at radius 1 is 1.21 bits per heavy atom. The van der Waals surface area contributed by atoms with E-state index in [-0.39, 0.29) is 5.75 Å². The van der Waals surface area contributed by atoms with Crippen LogP contribution in [0.5, 0.6) is 0 Å². The topological polar surface area (TPSA) is 73.2 Å². The smallest absolute Gasteiger partial charge is 0.235 e. The summed E-state index contributed by atoms with van der Waals surface area (Å²) >= 11 is 6.27. The van der Waals surface area contributed by atoms with E-state index >= 15 is 0 Å². The summed E-state index contributed by atoms with van der Waals surface area (Å²) in [4.78, 5) is 0. The van der Waals surface area contributed by atoms with Gasteiger partial charge in [-0.15, -0.1) is 0 Å². The Labute approximate surface area is 145 Å². The van der Waals surface area contributed by atoms with Gasteiger partial charge >= 0.3 is 0 Å². The zero-order valence-corrected chi connectivity index (χ0v) is 14.6. The molecule has 1 aromatic carbocycles. The Morgan fingerprint density at radius 2 is 1.92 bits per heavy atom. The van der Waals surface area contributed by atoms with Crippen LogP contribution in [0.3, 0.4) is 0 Å². The third-order valence-corrected chi connectivity index (χ3v) is 6.11. The van der Waals surface area contributed by atoms with E-state index in [1.165, 1.54) is 5.56 Å². The average Bonchev–Trinajstić information content (AvgIpc) is 2.90. The molecule has 1 N–H and O–H groups in total. The summed E-state index contributed by atoms with van der Waals surface area (Å²) in [6.07, 6.45) is 2.06. The van der Waals surface area contributed by atoms with Crippen molar-refractivity contribution < 1.29 is 13.2 Å². The Hall–Kier alpha value is -1.57. The number of aryl methyl sites for hydroxylation is 1. The predicted octanol–water partition coefficient (Wildman–Crippen LogP) is 2.85. The molecule has 0 radical (unpaired) electrons. The average molecular weight is 368 g/mol. The second-order valence-corrected chi connectivity index (χ2v) is 8.37. The van der Waals surface area contributed by atoms with Crippen LogP contribution in [0.15, 0.2) is 24.3 Å². The minimum Gasteiger partial charge on any atom is -0.381 e. The van der Waals surface area contributed by atoms with E-state index in [1.807, 2.05) is 12.1 Å². The molecule has 6 nitrogen and oxygen atoms in total. The molecule has 0 amide bonds. The quantitative estimate of drug-likeness (QED) is 0.885. The fourth-order valence-corrected chi connectivity index (χ4v) is 4.62. The van der Waals surface area contributed by atoms with Gasteiger partial charge in [-0.3, -0.25) is 4.72 Å². The van der Waals surface area contributed by atoms with Gasteiger partial charge in [-0.2, -0.15) is 5.10 Å². The number of sulfonamides is 1. The molecule has 1 fully saturated rings. The number of benzene rings is 1. The number of hydrogen-bond acceptors (Lipinski definition) is 4. The molecule has 0 aliphatic carbocycles. The number of rotatable bonds is 2. The van der Waals surface area contributed by atoms with Gasteiger partial charge in [0.25, 0.3) is 0 Å². The van der Waals surface area contributed by atoms with Crippen LogP contribution < -0.4 is 4.72 Å². The van der Waals surface area contributed by atoms with Gasteiger partial charge in [-0.1, -0.05) is 35.9 Å².